The van der Waals surface area contributed by atoms with Crippen molar-refractivity contribution in [2.75, 3.05) is 6.61 Å². The number of ether oxygens (including phenoxy) is 1. The molecule has 0 saturated heterocycles. The van der Waals surface area contributed by atoms with E-state index in [1.54, 1.807) is 36.4 Å². The van der Waals surface area contributed by atoms with Crippen LogP contribution in [0.25, 0.3) is 11.1 Å². The summed E-state index contributed by atoms with van der Waals surface area (Å²) in [5.41, 5.74) is 2.26. The lowest BCUT2D eigenvalue weighted by Crippen LogP contribution is -2.35. The second kappa shape index (κ2) is 7.83. The monoisotopic (exact) mass is 339 g/mol. The van der Waals surface area contributed by atoms with Crippen LogP contribution >= 0.6 is 0 Å². The van der Waals surface area contributed by atoms with Gasteiger partial charge in [0.15, 0.2) is 6.61 Å². The summed E-state index contributed by atoms with van der Waals surface area (Å²) in [4.78, 5) is 23.8. The van der Waals surface area contributed by atoms with Crippen molar-refractivity contribution < 1.29 is 19.4 Å². The molecule has 0 spiro atoms. The largest absolute Gasteiger partial charge is 0.508 e. The third kappa shape index (κ3) is 4.59. The maximum Gasteiger partial charge on any atom is 0.338 e. The number of hydrogen-bond acceptors (Lipinski definition) is 4. The van der Waals surface area contributed by atoms with Crippen LogP contribution in [0.1, 0.15) is 36.0 Å². The highest BCUT2D eigenvalue weighted by atomic mass is 16.5. The normalized spacial score (nSPS) is 14.2. The van der Waals surface area contributed by atoms with Crippen molar-refractivity contribution in [1.82, 2.24) is 5.32 Å². The average molecular weight is 339 g/mol. The Hall–Kier alpha value is -2.82. The van der Waals surface area contributed by atoms with Gasteiger partial charge in [0.2, 0.25) is 0 Å². The minimum absolute atomic E-state index is 0.208. The lowest BCUT2D eigenvalue weighted by Gasteiger charge is -2.12. The van der Waals surface area contributed by atoms with Crippen molar-refractivity contribution in [2.45, 2.75) is 31.7 Å². The maximum atomic E-state index is 12.0. The molecule has 1 amide bonds. The summed E-state index contributed by atoms with van der Waals surface area (Å²) < 4.78 is 5.08. The standard InChI is InChI=1S/C20H21NO4/c22-18-11-9-15(10-12-18)14-5-7-16(8-6-14)20(24)25-13-19(23)21-17-3-1-2-4-17/h5-12,17,22H,1-4,13H2,(H,21,23). The van der Waals surface area contributed by atoms with Crippen LogP contribution in [0, 0.1) is 0 Å². The molecular formula is C20H21NO4. The van der Waals surface area contributed by atoms with Crippen LogP contribution in [0.2, 0.25) is 0 Å². The van der Waals surface area contributed by atoms with Crippen LogP contribution in [0.4, 0.5) is 0 Å². The van der Waals surface area contributed by atoms with Gasteiger partial charge in [-0.2, -0.15) is 0 Å². The van der Waals surface area contributed by atoms with E-state index in [2.05, 4.69) is 5.32 Å². The second-order valence-corrected chi connectivity index (χ2v) is 6.25. The second-order valence-electron chi connectivity index (χ2n) is 6.25. The highest BCUT2D eigenvalue weighted by Gasteiger charge is 2.18. The average Bonchev–Trinajstić information content (AvgIpc) is 3.13. The van der Waals surface area contributed by atoms with E-state index in [4.69, 9.17) is 4.74 Å². The minimum Gasteiger partial charge on any atom is -0.508 e. The zero-order valence-electron chi connectivity index (χ0n) is 13.9. The first-order chi connectivity index (χ1) is 12.1. The number of phenolic OH excluding ortho intramolecular Hbond substituents is 1. The fourth-order valence-corrected chi connectivity index (χ4v) is 3.01. The number of phenols is 1. The summed E-state index contributed by atoms with van der Waals surface area (Å²) in [5.74, 6) is -0.556. The Morgan fingerprint density at radius 3 is 2.12 bits per heavy atom. The van der Waals surface area contributed by atoms with Gasteiger partial charge in [-0.3, -0.25) is 4.79 Å². The molecule has 1 fully saturated rings. The van der Waals surface area contributed by atoms with E-state index in [0.717, 1.165) is 36.8 Å². The number of nitrogens with one attached hydrogen (secondary N) is 1. The van der Waals surface area contributed by atoms with Crippen LogP contribution in [-0.2, 0) is 9.53 Å². The third-order valence-corrected chi connectivity index (χ3v) is 4.38. The molecule has 0 aliphatic heterocycles. The van der Waals surface area contributed by atoms with Crippen molar-refractivity contribution in [2.24, 2.45) is 0 Å². The van der Waals surface area contributed by atoms with E-state index in [-0.39, 0.29) is 24.3 Å². The van der Waals surface area contributed by atoms with Gasteiger partial charge in [0, 0.05) is 6.04 Å². The smallest absolute Gasteiger partial charge is 0.338 e. The fraction of sp³-hybridized carbons (Fsp3) is 0.300. The predicted octanol–water partition coefficient (Wildman–Crippen LogP) is 3.27. The maximum absolute atomic E-state index is 12.0. The third-order valence-electron chi connectivity index (χ3n) is 4.38. The molecule has 0 atom stereocenters. The quantitative estimate of drug-likeness (QED) is 0.820. The summed E-state index contributed by atoms with van der Waals surface area (Å²) in [7, 11) is 0. The molecule has 3 rings (SSSR count). The molecule has 0 radical (unpaired) electrons. The molecule has 2 aromatic carbocycles. The van der Waals surface area contributed by atoms with Gasteiger partial charge in [-0.15, -0.1) is 0 Å². The van der Waals surface area contributed by atoms with E-state index in [1.807, 2.05) is 12.1 Å². The lowest BCUT2D eigenvalue weighted by atomic mass is 10.0. The first-order valence-corrected chi connectivity index (χ1v) is 8.48. The summed E-state index contributed by atoms with van der Waals surface area (Å²) >= 11 is 0. The molecule has 0 heterocycles. The predicted molar refractivity (Wildman–Crippen MR) is 94.2 cm³/mol. The van der Waals surface area contributed by atoms with E-state index >= 15 is 0 Å². The van der Waals surface area contributed by atoms with Gasteiger partial charge in [0.05, 0.1) is 5.56 Å². The molecule has 130 valence electrons. The van der Waals surface area contributed by atoms with E-state index in [9.17, 15) is 14.7 Å². The lowest BCUT2D eigenvalue weighted by molar-refractivity contribution is -0.124. The van der Waals surface area contributed by atoms with Crippen LogP contribution in [-0.4, -0.2) is 29.6 Å². The number of carbonyl (C=O) groups excluding carboxylic acids is 2. The Morgan fingerprint density at radius 1 is 0.960 bits per heavy atom. The zero-order valence-corrected chi connectivity index (χ0v) is 13.9. The summed E-state index contributed by atoms with van der Waals surface area (Å²) in [5, 5.41) is 12.2. The van der Waals surface area contributed by atoms with Gasteiger partial charge in [-0.25, -0.2) is 4.79 Å². The minimum atomic E-state index is -0.515. The Morgan fingerprint density at radius 2 is 1.52 bits per heavy atom. The Bertz CT molecular complexity index is 731. The molecule has 1 aliphatic rings. The molecule has 5 nitrogen and oxygen atoms in total. The van der Waals surface area contributed by atoms with Crippen LogP contribution in [0.5, 0.6) is 5.75 Å². The Kier molecular flexibility index (Phi) is 5.33. The topological polar surface area (TPSA) is 75.6 Å². The van der Waals surface area contributed by atoms with E-state index in [1.165, 1.54) is 0 Å². The van der Waals surface area contributed by atoms with Crippen molar-refractivity contribution in [1.29, 1.82) is 0 Å². The van der Waals surface area contributed by atoms with Crippen molar-refractivity contribution in [3.05, 3.63) is 54.1 Å². The molecule has 1 saturated carbocycles. The van der Waals surface area contributed by atoms with Crippen molar-refractivity contribution in [3.63, 3.8) is 0 Å². The molecule has 2 aromatic rings. The van der Waals surface area contributed by atoms with Gasteiger partial charge in [-0.1, -0.05) is 37.1 Å². The number of esters is 1. The van der Waals surface area contributed by atoms with Gasteiger partial charge >= 0.3 is 5.97 Å². The zero-order chi connectivity index (χ0) is 17.6. The number of rotatable bonds is 5. The van der Waals surface area contributed by atoms with Gasteiger partial charge in [0.1, 0.15) is 5.75 Å². The number of hydrogen-bond donors (Lipinski definition) is 2. The fourth-order valence-electron chi connectivity index (χ4n) is 3.01. The Labute approximate surface area is 146 Å². The molecule has 1 aliphatic carbocycles. The molecular weight excluding hydrogens is 318 g/mol. The first-order valence-electron chi connectivity index (χ1n) is 8.48. The Balaban J connectivity index is 1.53. The number of amides is 1. The SMILES string of the molecule is O=C(COC(=O)c1ccc(-c2ccc(O)cc2)cc1)NC1CCCC1. The molecule has 0 unspecified atom stereocenters. The van der Waals surface area contributed by atoms with Crippen molar-refractivity contribution >= 4 is 11.9 Å². The molecule has 2 N–H and O–H groups in total. The molecule has 0 aromatic heterocycles. The number of benzene rings is 2. The van der Waals surface area contributed by atoms with Gasteiger partial charge in [0.25, 0.3) is 5.91 Å². The molecule has 5 heteroatoms. The van der Waals surface area contributed by atoms with Crippen LogP contribution < -0.4 is 5.32 Å². The van der Waals surface area contributed by atoms with E-state index < -0.39 is 5.97 Å². The summed E-state index contributed by atoms with van der Waals surface area (Å²) in [6.07, 6.45) is 4.27. The molecule has 0 bridgehead atoms. The number of aromatic hydroxyl groups is 1. The highest BCUT2D eigenvalue weighted by molar-refractivity contribution is 5.91. The van der Waals surface area contributed by atoms with Gasteiger partial charge < -0.3 is 15.2 Å². The summed E-state index contributed by atoms with van der Waals surface area (Å²) in [6.45, 7) is -0.255. The van der Waals surface area contributed by atoms with E-state index in [0.29, 0.717) is 5.56 Å². The molecule has 25 heavy (non-hydrogen) atoms. The van der Waals surface area contributed by atoms with Crippen LogP contribution in [0.3, 0.4) is 0 Å². The van der Waals surface area contributed by atoms with Crippen LogP contribution in [0.15, 0.2) is 48.5 Å². The van der Waals surface area contributed by atoms with Crippen molar-refractivity contribution in [3.8, 4) is 16.9 Å². The number of carbonyl (C=O) groups is 2. The van der Waals surface area contributed by atoms with Gasteiger partial charge in [-0.05, 0) is 48.2 Å². The highest BCUT2D eigenvalue weighted by Crippen LogP contribution is 2.22. The first kappa shape index (κ1) is 17.0. The summed E-state index contributed by atoms with van der Waals surface area (Å²) in [6, 6.07) is 14.0.